The largest absolute Gasteiger partial charge is 0.423 e. The van der Waals surface area contributed by atoms with E-state index in [1.807, 2.05) is 13.8 Å². The van der Waals surface area contributed by atoms with Crippen molar-refractivity contribution in [2.75, 3.05) is 11.9 Å². The van der Waals surface area contributed by atoms with Crippen LogP contribution >= 0.6 is 23.2 Å². The Morgan fingerprint density at radius 2 is 1.84 bits per heavy atom. The lowest BCUT2D eigenvalue weighted by molar-refractivity contribution is 0.0734. The molecule has 1 heterocycles. The monoisotopic (exact) mass is 381 g/mol. The van der Waals surface area contributed by atoms with E-state index >= 15 is 0 Å². The molecular formula is C17H17Cl2N3O3. The van der Waals surface area contributed by atoms with Gasteiger partial charge in [0.1, 0.15) is 10.9 Å². The molecule has 0 fully saturated rings. The van der Waals surface area contributed by atoms with Crippen LogP contribution in [0.4, 0.5) is 10.5 Å². The van der Waals surface area contributed by atoms with Gasteiger partial charge in [-0.15, -0.1) is 0 Å². The van der Waals surface area contributed by atoms with Crippen LogP contribution in [0.2, 0.25) is 10.2 Å². The second-order valence-electron chi connectivity index (χ2n) is 5.54. The van der Waals surface area contributed by atoms with Crippen molar-refractivity contribution in [3.8, 4) is 5.75 Å². The summed E-state index contributed by atoms with van der Waals surface area (Å²) in [6.07, 6.45) is 1.29. The Morgan fingerprint density at radius 1 is 1.20 bits per heavy atom. The van der Waals surface area contributed by atoms with Crippen LogP contribution in [0, 0.1) is 0 Å². The van der Waals surface area contributed by atoms with Crippen molar-refractivity contribution in [2.24, 2.45) is 0 Å². The van der Waals surface area contributed by atoms with Crippen molar-refractivity contribution in [2.45, 2.75) is 19.9 Å². The highest BCUT2D eigenvalue weighted by molar-refractivity contribution is 6.41. The van der Waals surface area contributed by atoms with Crippen LogP contribution in [0.15, 0.2) is 36.5 Å². The number of halogens is 2. The summed E-state index contributed by atoms with van der Waals surface area (Å²) in [5, 5.41) is 3.08. The molecule has 2 aromatic rings. The third-order valence-electron chi connectivity index (χ3n) is 3.18. The van der Waals surface area contributed by atoms with E-state index in [9.17, 15) is 9.59 Å². The summed E-state index contributed by atoms with van der Waals surface area (Å²) in [7, 11) is 1.65. The molecule has 1 N–H and O–H groups in total. The highest BCUT2D eigenvalue weighted by atomic mass is 35.5. The van der Waals surface area contributed by atoms with Gasteiger partial charge in [-0.2, -0.15) is 0 Å². The number of nitrogens with zero attached hydrogens (tertiary/aromatic N) is 2. The topological polar surface area (TPSA) is 71.5 Å². The number of pyridine rings is 1. The number of amides is 2. The molecular weight excluding hydrogens is 365 g/mol. The number of ether oxygens (including phenoxy) is 1. The maximum Gasteiger partial charge on any atom is 0.345 e. The number of nitrogens with one attached hydrogen (secondary N) is 1. The lowest BCUT2D eigenvalue weighted by Crippen LogP contribution is -2.40. The van der Waals surface area contributed by atoms with Gasteiger partial charge < -0.3 is 10.1 Å². The van der Waals surface area contributed by atoms with Gasteiger partial charge in [0, 0.05) is 25.0 Å². The summed E-state index contributed by atoms with van der Waals surface area (Å²) in [6.45, 7) is 3.76. The zero-order valence-corrected chi connectivity index (χ0v) is 15.4. The Hall–Kier alpha value is -2.31. The van der Waals surface area contributed by atoms with E-state index < -0.39 is 5.97 Å². The summed E-state index contributed by atoms with van der Waals surface area (Å²) in [6, 6.07) is 7.74. The van der Waals surface area contributed by atoms with Crippen LogP contribution in [0.3, 0.4) is 0 Å². The highest BCUT2D eigenvalue weighted by Gasteiger charge is 2.14. The Morgan fingerprint density at radius 3 is 2.40 bits per heavy atom. The molecule has 0 aliphatic carbocycles. The number of carbonyl (C=O) groups excluding carboxylic acids is 2. The molecule has 2 amide bonds. The van der Waals surface area contributed by atoms with Crippen LogP contribution in [0.25, 0.3) is 0 Å². The number of hydrogen-bond donors (Lipinski definition) is 1. The zero-order chi connectivity index (χ0) is 18.6. The first kappa shape index (κ1) is 19.0. The van der Waals surface area contributed by atoms with Gasteiger partial charge in [0.05, 0.1) is 10.6 Å². The minimum Gasteiger partial charge on any atom is -0.423 e. The van der Waals surface area contributed by atoms with Crippen molar-refractivity contribution in [1.82, 2.24) is 10.3 Å². The van der Waals surface area contributed by atoms with E-state index in [0.29, 0.717) is 11.4 Å². The molecule has 1 aromatic heterocycles. The van der Waals surface area contributed by atoms with E-state index in [2.05, 4.69) is 10.3 Å². The molecule has 0 aliphatic heterocycles. The van der Waals surface area contributed by atoms with E-state index in [1.54, 1.807) is 31.3 Å². The normalized spacial score (nSPS) is 10.5. The molecule has 25 heavy (non-hydrogen) atoms. The molecule has 0 radical (unpaired) electrons. The summed E-state index contributed by atoms with van der Waals surface area (Å²) in [5.41, 5.74) is 0.848. The number of anilines is 1. The van der Waals surface area contributed by atoms with E-state index in [0.717, 1.165) is 0 Å². The molecule has 1 aromatic carbocycles. The van der Waals surface area contributed by atoms with Crippen LogP contribution in [0.1, 0.15) is 24.2 Å². The van der Waals surface area contributed by atoms with Gasteiger partial charge in [-0.05, 0) is 44.2 Å². The highest BCUT2D eigenvalue weighted by Crippen LogP contribution is 2.22. The van der Waals surface area contributed by atoms with E-state index in [4.69, 9.17) is 27.9 Å². The number of aromatic nitrogens is 1. The SMILES string of the molecule is CC(C)NC(=O)N(C)c1ccc(OC(=O)c2cnc(Cl)c(Cl)c2)cc1. The van der Waals surface area contributed by atoms with Crippen molar-refractivity contribution >= 4 is 40.9 Å². The molecule has 2 rings (SSSR count). The zero-order valence-electron chi connectivity index (χ0n) is 13.9. The molecule has 8 heteroatoms. The number of esters is 1. The summed E-state index contributed by atoms with van der Waals surface area (Å²) in [4.78, 5) is 29.3. The van der Waals surface area contributed by atoms with Gasteiger partial charge in [0.2, 0.25) is 0 Å². The number of carbonyl (C=O) groups is 2. The maximum atomic E-state index is 12.1. The van der Waals surface area contributed by atoms with Crippen molar-refractivity contribution in [1.29, 1.82) is 0 Å². The number of benzene rings is 1. The predicted octanol–water partition coefficient (Wildman–Crippen LogP) is 4.16. The molecule has 0 atom stereocenters. The van der Waals surface area contributed by atoms with Crippen molar-refractivity contribution in [3.63, 3.8) is 0 Å². The van der Waals surface area contributed by atoms with Crippen LogP contribution in [0.5, 0.6) is 5.75 Å². The second-order valence-corrected chi connectivity index (χ2v) is 6.31. The van der Waals surface area contributed by atoms with Gasteiger partial charge in [-0.3, -0.25) is 4.90 Å². The molecule has 0 aliphatic rings. The lowest BCUT2D eigenvalue weighted by atomic mass is 10.2. The Labute approximate surface area is 155 Å². The summed E-state index contributed by atoms with van der Waals surface area (Å²) >= 11 is 11.6. The molecule has 0 saturated carbocycles. The standard InChI is InChI=1S/C17H17Cl2N3O3/c1-10(2)21-17(24)22(3)12-4-6-13(7-5-12)25-16(23)11-8-14(18)15(19)20-9-11/h4-10H,1-3H3,(H,21,24). The van der Waals surface area contributed by atoms with Crippen LogP contribution < -0.4 is 15.0 Å². The summed E-state index contributed by atoms with van der Waals surface area (Å²) in [5.74, 6) is -0.276. The first-order chi connectivity index (χ1) is 11.8. The molecule has 6 nitrogen and oxygen atoms in total. The number of urea groups is 1. The van der Waals surface area contributed by atoms with E-state index in [-0.39, 0.29) is 27.8 Å². The quantitative estimate of drug-likeness (QED) is 0.490. The second kappa shape index (κ2) is 8.18. The number of rotatable bonds is 4. The fourth-order valence-corrected chi connectivity index (χ4v) is 2.17. The summed E-state index contributed by atoms with van der Waals surface area (Å²) < 4.78 is 5.26. The van der Waals surface area contributed by atoms with Gasteiger partial charge >= 0.3 is 12.0 Å². The first-order valence-electron chi connectivity index (χ1n) is 7.45. The maximum absolute atomic E-state index is 12.1. The predicted molar refractivity (Wildman–Crippen MR) is 97.7 cm³/mol. The van der Waals surface area contributed by atoms with Crippen LogP contribution in [-0.2, 0) is 0 Å². The molecule has 0 spiro atoms. The molecule has 0 bridgehead atoms. The average Bonchev–Trinajstić information content (AvgIpc) is 2.56. The van der Waals surface area contributed by atoms with Crippen molar-refractivity contribution in [3.05, 3.63) is 52.3 Å². The fraction of sp³-hybridized carbons (Fsp3) is 0.235. The van der Waals surface area contributed by atoms with Gasteiger partial charge in [0.25, 0.3) is 0 Å². The third kappa shape index (κ3) is 5.08. The van der Waals surface area contributed by atoms with Crippen molar-refractivity contribution < 1.29 is 14.3 Å². The minimum absolute atomic E-state index is 0.0370. The first-order valence-corrected chi connectivity index (χ1v) is 8.21. The third-order valence-corrected chi connectivity index (χ3v) is 3.87. The van der Waals surface area contributed by atoms with Gasteiger partial charge in [0.15, 0.2) is 0 Å². The van der Waals surface area contributed by atoms with E-state index in [1.165, 1.54) is 17.2 Å². The van der Waals surface area contributed by atoms with Gasteiger partial charge in [-0.25, -0.2) is 14.6 Å². The molecule has 0 unspecified atom stereocenters. The minimum atomic E-state index is -0.607. The Balaban J connectivity index is 2.05. The average molecular weight is 382 g/mol. The Bertz CT molecular complexity index is 779. The number of hydrogen-bond acceptors (Lipinski definition) is 4. The molecule has 0 saturated heterocycles. The van der Waals surface area contributed by atoms with Gasteiger partial charge in [-0.1, -0.05) is 23.2 Å². The van der Waals surface area contributed by atoms with Crippen LogP contribution in [-0.4, -0.2) is 30.1 Å². The smallest absolute Gasteiger partial charge is 0.345 e. The lowest BCUT2D eigenvalue weighted by Gasteiger charge is -2.20. The molecule has 132 valence electrons. The Kier molecular flexibility index (Phi) is 6.22. The fourth-order valence-electron chi connectivity index (χ4n) is 1.90.